The van der Waals surface area contributed by atoms with Gasteiger partial charge < -0.3 is 15.0 Å². The number of pyridine rings is 1. The van der Waals surface area contributed by atoms with Gasteiger partial charge in [0.25, 0.3) is 5.91 Å². The van der Waals surface area contributed by atoms with Gasteiger partial charge in [-0.2, -0.15) is 4.99 Å². The van der Waals surface area contributed by atoms with Crippen LogP contribution in [-0.2, 0) is 0 Å². The molecule has 2 aromatic heterocycles. The fourth-order valence-corrected chi connectivity index (χ4v) is 3.79. The van der Waals surface area contributed by atoms with Crippen LogP contribution in [0.25, 0.3) is 11.0 Å². The Balaban J connectivity index is 1.69. The van der Waals surface area contributed by atoms with Crippen LogP contribution in [0.3, 0.4) is 0 Å². The predicted octanol–water partition coefficient (Wildman–Crippen LogP) is 3.41. The van der Waals surface area contributed by atoms with Gasteiger partial charge in [-0.1, -0.05) is 17.8 Å². The number of nitrogens with zero attached hydrogens (tertiary/aromatic N) is 3. The largest absolute Gasteiger partial charge is 0.508 e. The Morgan fingerprint density at radius 2 is 2.24 bits per heavy atom. The van der Waals surface area contributed by atoms with E-state index in [9.17, 15) is 9.90 Å². The molecule has 25 heavy (non-hydrogen) atoms. The van der Waals surface area contributed by atoms with Crippen molar-refractivity contribution in [1.29, 1.82) is 0 Å². The molecule has 3 aromatic rings. The molecular weight excluding hydrogens is 336 g/mol. The number of anilines is 1. The van der Waals surface area contributed by atoms with E-state index in [1.54, 1.807) is 48.4 Å². The summed E-state index contributed by atoms with van der Waals surface area (Å²) in [4.78, 5) is 26.2. The average molecular weight is 352 g/mol. The zero-order valence-corrected chi connectivity index (χ0v) is 14.2. The van der Waals surface area contributed by atoms with Crippen LogP contribution >= 0.6 is 11.8 Å². The third kappa shape index (κ3) is 3.10. The molecule has 2 N–H and O–H groups in total. The molecule has 4 rings (SSSR count). The minimum absolute atomic E-state index is 0.196. The molecule has 7 heteroatoms. The van der Waals surface area contributed by atoms with Gasteiger partial charge in [0.2, 0.25) is 0 Å². The molecule has 1 aliphatic heterocycles. The first-order valence-electron chi connectivity index (χ1n) is 7.97. The zero-order valence-electron chi connectivity index (χ0n) is 13.3. The van der Waals surface area contributed by atoms with E-state index in [1.807, 2.05) is 17.0 Å². The summed E-state index contributed by atoms with van der Waals surface area (Å²) in [5.41, 5.74) is 2.02. The number of aromatic hydroxyl groups is 1. The summed E-state index contributed by atoms with van der Waals surface area (Å²) in [5.74, 6) is 0.812. The van der Waals surface area contributed by atoms with E-state index in [2.05, 4.69) is 15.0 Å². The van der Waals surface area contributed by atoms with Crippen molar-refractivity contribution in [2.45, 2.75) is 6.42 Å². The number of H-pyrrole nitrogens is 1. The molecule has 3 heterocycles. The van der Waals surface area contributed by atoms with Crippen molar-refractivity contribution in [3.05, 3.63) is 54.4 Å². The van der Waals surface area contributed by atoms with Crippen molar-refractivity contribution in [3.63, 3.8) is 0 Å². The van der Waals surface area contributed by atoms with Crippen LogP contribution < -0.4 is 4.90 Å². The number of rotatable bonds is 2. The van der Waals surface area contributed by atoms with Gasteiger partial charge in [0.05, 0.1) is 5.56 Å². The number of phenols is 1. The highest BCUT2D eigenvalue weighted by Gasteiger charge is 2.22. The van der Waals surface area contributed by atoms with E-state index < -0.39 is 0 Å². The summed E-state index contributed by atoms with van der Waals surface area (Å²) in [6.45, 7) is 0.762. The van der Waals surface area contributed by atoms with Crippen LogP contribution in [0, 0.1) is 0 Å². The molecular formula is C18H16N4O2S. The molecule has 1 aliphatic rings. The first kappa shape index (κ1) is 15.7. The number of aromatic amines is 1. The number of nitrogens with one attached hydrogen (secondary N) is 1. The second-order valence-corrected chi connectivity index (χ2v) is 6.74. The van der Waals surface area contributed by atoms with Gasteiger partial charge in [0.1, 0.15) is 11.4 Å². The van der Waals surface area contributed by atoms with Gasteiger partial charge >= 0.3 is 0 Å². The molecule has 0 spiro atoms. The molecule has 0 bridgehead atoms. The lowest BCUT2D eigenvalue weighted by atomic mass is 10.2. The van der Waals surface area contributed by atoms with Gasteiger partial charge in [-0.3, -0.25) is 4.79 Å². The number of thioether (sulfide) groups is 1. The summed E-state index contributed by atoms with van der Waals surface area (Å²) >= 11 is 1.55. The van der Waals surface area contributed by atoms with Crippen molar-refractivity contribution in [2.75, 3.05) is 17.2 Å². The van der Waals surface area contributed by atoms with Crippen molar-refractivity contribution in [1.82, 2.24) is 9.97 Å². The fourth-order valence-electron chi connectivity index (χ4n) is 2.83. The van der Waals surface area contributed by atoms with E-state index in [-0.39, 0.29) is 11.7 Å². The summed E-state index contributed by atoms with van der Waals surface area (Å²) in [7, 11) is 0. The van der Waals surface area contributed by atoms with Crippen molar-refractivity contribution >= 4 is 39.6 Å². The summed E-state index contributed by atoms with van der Waals surface area (Å²) in [6.07, 6.45) is 4.32. The monoisotopic (exact) mass is 352 g/mol. The maximum absolute atomic E-state index is 12.7. The summed E-state index contributed by atoms with van der Waals surface area (Å²) in [6, 6.07) is 10.7. The zero-order chi connectivity index (χ0) is 17.2. The van der Waals surface area contributed by atoms with Gasteiger partial charge in [-0.25, -0.2) is 4.98 Å². The number of benzene rings is 1. The molecule has 1 aromatic carbocycles. The van der Waals surface area contributed by atoms with Crippen molar-refractivity contribution in [2.24, 2.45) is 4.99 Å². The topological polar surface area (TPSA) is 81.6 Å². The lowest BCUT2D eigenvalue weighted by Gasteiger charge is -2.29. The van der Waals surface area contributed by atoms with Gasteiger partial charge in [-0.05, 0) is 30.7 Å². The Bertz CT molecular complexity index is 966. The third-order valence-corrected chi connectivity index (χ3v) is 5.07. The van der Waals surface area contributed by atoms with Crippen LogP contribution in [0.2, 0.25) is 0 Å². The minimum atomic E-state index is -0.297. The SMILES string of the molecule is O=C(N=C1SCCCN1c1cccc(O)c1)c1c[nH]c2ncccc12. The van der Waals surface area contributed by atoms with Crippen molar-refractivity contribution in [3.8, 4) is 5.75 Å². The Kier molecular flexibility index (Phi) is 4.15. The predicted molar refractivity (Wildman–Crippen MR) is 100 cm³/mol. The van der Waals surface area contributed by atoms with Gasteiger partial charge in [0, 0.05) is 41.8 Å². The Hall–Kier alpha value is -2.80. The highest BCUT2D eigenvalue weighted by Crippen LogP contribution is 2.28. The molecule has 0 atom stereocenters. The number of amidine groups is 1. The van der Waals surface area contributed by atoms with Crippen LogP contribution in [0.5, 0.6) is 5.75 Å². The number of hydrogen-bond acceptors (Lipinski definition) is 4. The second-order valence-electron chi connectivity index (χ2n) is 5.67. The quantitative estimate of drug-likeness (QED) is 0.739. The molecule has 1 saturated heterocycles. The number of amides is 1. The molecule has 0 radical (unpaired) electrons. The number of aromatic nitrogens is 2. The Morgan fingerprint density at radius 1 is 1.32 bits per heavy atom. The number of hydrogen-bond donors (Lipinski definition) is 2. The highest BCUT2D eigenvalue weighted by atomic mass is 32.2. The molecule has 1 amide bonds. The van der Waals surface area contributed by atoms with E-state index in [0.29, 0.717) is 16.4 Å². The first-order valence-corrected chi connectivity index (χ1v) is 8.95. The molecule has 6 nitrogen and oxygen atoms in total. The third-order valence-electron chi connectivity index (χ3n) is 4.01. The lowest BCUT2D eigenvalue weighted by Crippen LogP contribution is -2.34. The fraction of sp³-hybridized carbons (Fsp3) is 0.167. The lowest BCUT2D eigenvalue weighted by molar-refractivity contribution is 0.100. The molecule has 0 aliphatic carbocycles. The standard InChI is InChI=1S/C18H16N4O2S/c23-13-5-1-4-12(10-13)22-8-3-9-25-18(22)21-17(24)15-11-20-16-14(15)6-2-7-19-16/h1-2,4-7,10-11,23H,3,8-9H2,(H,19,20). The first-order chi connectivity index (χ1) is 12.2. The number of fused-ring (bicyclic) bond motifs is 1. The Labute approximate surface area is 148 Å². The second kappa shape index (κ2) is 6.60. The number of carbonyl (C=O) groups excluding carboxylic acids is 1. The molecule has 0 saturated carbocycles. The summed E-state index contributed by atoms with van der Waals surface area (Å²) in [5, 5.41) is 11.1. The highest BCUT2D eigenvalue weighted by molar-refractivity contribution is 8.14. The van der Waals surface area contributed by atoms with E-state index in [4.69, 9.17) is 0 Å². The molecule has 1 fully saturated rings. The molecule has 126 valence electrons. The van der Waals surface area contributed by atoms with Crippen LogP contribution in [-0.4, -0.2) is 38.4 Å². The number of carbonyl (C=O) groups is 1. The molecule has 0 unspecified atom stereocenters. The minimum Gasteiger partial charge on any atom is -0.508 e. The normalized spacial score (nSPS) is 16.5. The van der Waals surface area contributed by atoms with Gasteiger partial charge in [0.15, 0.2) is 5.17 Å². The van der Waals surface area contributed by atoms with E-state index in [1.165, 1.54) is 0 Å². The van der Waals surface area contributed by atoms with Gasteiger partial charge in [-0.15, -0.1) is 0 Å². The summed E-state index contributed by atoms with van der Waals surface area (Å²) < 4.78 is 0. The number of aliphatic imine (C=N–C) groups is 1. The number of phenolic OH excluding ortho intramolecular Hbond substituents is 1. The van der Waals surface area contributed by atoms with E-state index in [0.717, 1.165) is 29.8 Å². The Morgan fingerprint density at radius 3 is 3.12 bits per heavy atom. The van der Waals surface area contributed by atoms with Crippen LogP contribution in [0.15, 0.2) is 53.8 Å². The maximum Gasteiger partial charge on any atom is 0.281 e. The van der Waals surface area contributed by atoms with Crippen LogP contribution in [0.4, 0.5) is 5.69 Å². The van der Waals surface area contributed by atoms with E-state index >= 15 is 0 Å². The maximum atomic E-state index is 12.7. The van der Waals surface area contributed by atoms with Crippen molar-refractivity contribution < 1.29 is 9.90 Å². The van der Waals surface area contributed by atoms with Crippen LogP contribution in [0.1, 0.15) is 16.8 Å². The smallest absolute Gasteiger partial charge is 0.281 e. The average Bonchev–Trinajstić information content (AvgIpc) is 3.06.